The van der Waals surface area contributed by atoms with Crippen LogP contribution < -0.4 is 16.0 Å². The van der Waals surface area contributed by atoms with E-state index in [0.717, 1.165) is 37.1 Å². The molecule has 1 fully saturated rings. The molecule has 7 nitrogen and oxygen atoms in total. The zero-order valence-corrected chi connectivity index (χ0v) is 18.1. The quantitative estimate of drug-likeness (QED) is 0.396. The summed E-state index contributed by atoms with van der Waals surface area (Å²) in [5.41, 5.74) is 4.42. The lowest BCUT2D eigenvalue weighted by Crippen LogP contribution is -2.40. The van der Waals surface area contributed by atoms with Crippen LogP contribution in [0.4, 0.5) is 22.0 Å². The lowest BCUT2D eigenvalue weighted by atomic mass is 9.81. The Hall–Kier alpha value is -3.74. The number of benzene rings is 1. The van der Waals surface area contributed by atoms with Gasteiger partial charge in [0.1, 0.15) is 5.82 Å². The fourth-order valence-corrected chi connectivity index (χ4v) is 4.23. The Kier molecular flexibility index (Phi) is 6.75. The molecule has 2 heterocycles. The van der Waals surface area contributed by atoms with E-state index in [1.54, 1.807) is 18.5 Å². The van der Waals surface area contributed by atoms with Crippen LogP contribution >= 0.6 is 0 Å². The summed E-state index contributed by atoms with van der Waals surface area (Å²) < 4.78 is 0. The van der Waals surface area contributed by atoms with E-state index < -0.39 is 0 Å². The number of aryl methyl sites for hydroxylation is 1. The Bertz CT molecular complexity index is 1080. The van der Waals surface area contributed by atoms with E-state index in [9.17, 15) is 4.79 Å². The highest BCUT2D eigenvalue weighted by molar-refractivity contribution is 5.92. The number of rotatable bonds is 6. The van der Waals surface area contributed by atoms with Crippen LogP contribution in [0.1, 0.15) is 48.4 Å². The van der Waals surface area contributed by atoms with Crippen molar-refractivity contribution < 1.29 is 4.79 Å². The molecule has 4 N–H and O–H groups in total. The summed E-state index contributed by atoms with van der Waals surface area (Å²) in [5.74, 6) is 0.882. The number of carbonyl (C=O) groups excluding carboxylic acids is 1. The molecular weight excluding hydrogens is 400 g/mol. The first-order valence-corrected chi connectivity index (χ1v) is 10.9. The Labute approximate surface area is 188 Å². The maximum absolute atomic E-state index is 12.6. The van der Waals surface area contributed by atoms with Gasteiger partial charge < -0.3 is 16.0 Å². The Morgan fingerprint density at radius 1 is 1.12 bits per heavy atom. The first-order valence-electron chi connectivity index (χ1n) is 10.9. The molecule has 1 aliphatic carbocycles. The molecule has 164 valence electrons. The van der Waals surface area contributed by atoms with Gasteiger partial charge in [0.2, 0.25) is 0 Å². The zero-order chi connectivity index (χ0) is 22.3. The molecular formula is C25H28N6O. The molecule has 32 heavy (non-hydrogen) atoms. The molecule has 0 bridgehead atoms. The smallest absolute Gasteiger partial charge is 0.320 e. The second kappa shape index (κ2) is 10.0. The van der Waals surface area contributed by atoms with Gasteiger partial charge in [-0.05, 0) is 55.9 Å². The largest absolute Gasteiger partial charge is 0.354 e. The van der Waals surface area contributed by atoms with Gasteiger partial charge in [0.15, 0.2) is 0 Å². The standard InChI is InChI=1S/C25H28N6O/c1-17-12-22(10-11-27-17)29-23-16-28-24(14-20(23)15-26)31-25(32)30-21-9-5-8-19(13-21)18-6-3-2-4-7-18/h2-4,6-7,10-12,14-16,19,21,26H,5,8-9,13H2,1H3,(H,27,29)(H2,28,30,31,32). The average molecular weight is 429 g/mol. The highest BCUT2D eigenvalue weighted by atomic mass is 16.2. The highest BCUT2D eigenvalue weighted by Crippen LogP contribution is 2.32. The molecule has 2 aromatic heterocycles. The normalized spacial score (nSPS) is 17.9. The van der Waals surface area contributed by atoms with Crippen LogP contribution in [0.15, 0.2) is 60.9 Å². The fraction of sp³-hybridized carbons (Fsp3) is 0.280. The van der Waals surface area contributed by atoms with Crippen molar-refractivity contribution in [3.05, 3.63) is 77.7 Å². The van der Waals surface area contributed by atoms with Gasteiger partial charge in [-0.25, -0.2) is 9.78 Å². The third kappa shape index (κ3) is 5.49. The van der Waals surface area contributed by atoms with E-state index >= 15 is 0 Å². The van der Waals surface area contributed by atoms with Crippen molar-refractivity contribution in [2.75, 3.05) is 10.6 Å². The minimum atomic E-state index is -0.266. The summed E-state index contributed by atoms with van der Waals surface area (Å²) in [7, 11) is 0. The van der Waals surface area contributed by atoms with Gasteiger partial charge >= 0.3 is 6.03 Å². The molecule has 2 unspecified atom stereocenters. The van der Waals surface area contributed by atoms with Crippen molar-refractivity contribution in [3.63, 3.8) is 0 Å². The number of urea groups is 1. The highest BCUT2D eigenvalue weighted by Gasteiger charge is 2.24. The summed E-state index contributed by atoms with van der Waals surface area (Å²) >= 11 is 0. The molecule has 1 aromatic carbocycles. The van der Waals surface area contributed by atoms with Gasteiger partial charge in [-0.2, -0.15) is 0 Å². The number of carbonyl (C=O) groups is 1. The number of aromatic nitrogens is 2. The monoisotopic (exact) mass is 428 g/mol. The topological polar surface area (TPSA) is 103 Å². The van der Waals surface area contributed by atoms with Crippen LogP contribution in [0.2, 0.25) is 0 Å². The van der Waals surface area contributed by atoms with Crippen molar-refractivity contribution in [1.82, 2.24) is 15.3 Å². The van der Waals surface area contributed by atoms with E-state index in [2.05, 4.69) is 50.2 Å². The fourth-order valence-electron chi connectivity index (χ4n) is 4.23. The maximum Gasteiger partial charge on any atom is 0.320 e. The van der Waals surface area contributed by atoms with Crippen LogP contribution in [0.5, 0.6) is 0 Å². The van der Waals surface area contributed by atoms with Crippen molar-refractivity contribution in [3.8, 4) is 0 Å². The molecule has 2 amide bonds. The van der Waals surface area contributed by atoms with Crippen molar-refractivity contribution in [1.29, 1.82) is 5.41 Å². The van der Waals surface area contributed by atoms with Crippen molar-refractivity contribution >= 4 is 29.4 Å². The molecule has 4 rings (SSSR count). The number of amides is 2. The van der Waals surface area contributed by atoms with Gasteiger partial charge in [0.05, 0.1) is 11.9 Å². The SMILES string of the molecule is Cc1cc(Nc2cnc(NC(=O)NC3CCCC(c4ccccc4)C3)cc2C=N)ccn1. The van der Waals surface area contributed by atoms with Crippen molar-refractivity contribution in [2.45, 2.75) is 44.6 Å². The molecule has 3 aromatic rings. The second-order valence-corrected chi connectivity index (χ2v) is 8.18. The van der Waals surface area contributed by atoms with Crippen LogP contribution in [0, 0.1) is 12.3 Å². The third-order valence-corrected chi connectivity index (χ3v) is 5.79. The number of nitrogens with zero attached hydrogens (tertiary/aromatic N) is 2. The summed E-state index contributed by atoms with van der Waals surface area (Å²) in [6.07, 6.45) is 8.75. The molecule has 0 saturated heterocycles. The molecule has 0 aliphatic heterocycles. The predicted octanol–water partition coefficient (Wildman–Crippen LogP) is 5.37. The Balaban J connectivity index is 1.37. The second-order valence-electron chi connectivity index (χ2n) is 8.18. The van der Waals surface area contributed by atoms with Crippen LogP contribution in [-0.4, -0.2) is 28.3 Å². The van der Waals surface area contributed by atoms with E-state index in [0.29, 0.717) is 23.0 Å². The lowest BCUT2D eigenvalue weighted by molar-refractivity contribution is 0.242. The molecule has 7 heteroatoms. The van der Waals surface area contributed by atoms with E-state index in [4.69, 9.17) is 5.41 Å². The van der Waals surface area contributed by atoms with Crippen LogP contribution in [-0.2, 0) is 0 Å². The summed E-state index contributed by atoms with van der Waals surface area (Å²) in [5, 5.41) is 16.9. The molecule has 0 radical (unpaired) electrons. The van der Waals surface area contributed by atoms with Crippen LogP contribution in [0.25, 0.3) is 0 Å². The van der Waals surface area contributed by atoms with E-state index in [1.807, 2.05) is 25.1 Å². The lowest BCUT2D eigenvalue weighted by Gasteiger charge is -2.30. The number of hydrogen-bond donors (Lipinski definition) is 4. The first kappa shape index (κ1) is 21.5. The third-order valence-electron chi connectivity index (χ3n) is 5.79. The Morgan fingerprint density at radius 2 is 1.97 bits per heavy atom. The van der Waals surface area contributed by atoms with Gasteiger partial charge in [-0.3, -0.25) is 10.3 Å². The van der Waals surface area contributed by atoms with Crippen molar-refractivity contribution in [2.24, 2.45) is 0 Å². The molecule has 0 spiro atoms. The molecule has 1 aliphatic rings. The molecule has 1 saturated carbocycles. The zero-order valence-electron chi connectivity index (χ0n) is 18.1. The van der Waals surface area contributed by atoms with Gasteiger partial charge in [-0.1, -0.05) is 36.8 Å². The number of anilines is 3. The van der Waals surface area contributed by atoms with Gasteiger partial charge in [0, 0.05) is 35.4 Å². The van der Waals surface area contributed by atoms with E-state index in [-0.39, 0.29) is 12.1 Å². The van der Waals surface area contributed by atoms with E-state index in [1.165, 1.54) is 11.8 Å². The van der Waals surface area contributed by atoms with Crippen LogP contribution in [0.3, 0.4) is 0 Å². The molecule has 2 atom stereocenters. The van der Waals surface area contributed by atoms with Gasteiger partial charge in [0.25, 0.3) is 0 Å². The number of pyridine rings is 2. The number of nitrogens with one attached hydrogen (secondary N) is 4. The Morgan fingerprint density at radius 3 is 2.75 bits per heavy atom. The minimum absolute atomic E-state index is 0.132. The maximum atomic E-state index is 12.6. The minimum Gasteiger partial charge on any atom is -0.354 e. The first-order chi connectivity index (χ1) is 15.6. The summed E-state index contributed by atoms with van der Waals surface area (Å²) in [4.78, 5) is 21.1. The predicted molar refractivity (Wildman–Crippen MR) is 128 cm³/mol. The summed E-state index contributed by atoms with van der Waals surface area (Å²) in [6.45, 7) is 1.92. The summed E-state index contributed by atoms with van der Waals surface area (Å²) in [6, 6.07) is 15.8. The average Bonchev–Trinajstić information content (AvgIpc) is 2.81. The van der Waals surface area contributed by atoms with Gasteiger partial charge in [-0.15, -0.1) is 0 Å². The number of hydrogen-bond acceptors (Lipinski definition) is 5.